The Morgan fingerprint density at radius 3 is 1.23 bits per heavy atom. The van der Waals surface area contributed by atoms with Crippen molar-refractivity contribution in [1.82, 2.24) is 0 Å². The van der Waals surface area contributed by atoms with Gasteiger partial charge in [-0.2, -0.15) is 0 Å². The Labute approximate surface area is 398 Å². The SMILES string of the molecule is CCCCC/C=C/C/C=C/CCCCCCCCCCCC(=O)O[C@H](COC(=O)CCCCCCCCCCCCCCCCCCCCCCCC)COP(=O)(O)OC[C@H](N)C(=O)O. The van der Waals surface area contributed by atoms with Gasteiger partial charge in [-0.3, -0.25) is 23.4 Å². The van der Waals surface area contributed by atoms with Gasteiger partial charge in [-0.1, -0.05) is 231 Å². The maximum Gasteiger partial charge on any atom is 0.472 e. The van der Waals surface area contributed by atoms with Gasteiger partial charge in [-0.25, -0.2) is 4.57 Å². The topological polar surface area (TPSA) is 172 Å². The van der Waals surface area contributed by atoms with Gasteiger partial charge in [-0.05, 0) is 44.9 Å². The summed E-state index contributed by atoms with van der Waals surface area (Å²) in [6, 6.07) is -1.52. The zero-order valence-corrected chi connectivity index (χ0v) is 42.7. The van der Waals surface area contributed by atoms with Crippen LogP contribution < -0.4 is 5.73 Å². The van der Waals surface area contributed by atoms with Crippen LogP contribution in [0.5, 0.6) is 0 Å². The lowest BCUT2D eigenvalue weighted by Gasteiger charge is -2.20. The molecule has 382 valence electrons. The lowest BCUT2D eigenvalue weighted by Crippen LogP contribution is -2.34. The number of esters is 2. The second kappa shape index (κ2) is 48.4. The molecule has 12 heteroatoms. The van der Waals surface area contributed by atoms with Crippen LogP contribution in [0.4, 0.5) is 0 Å². The molecule has 0 aliphatic heterocycles. The van der Waals surface area contributed by atoms with E-state index in [0.29, 0.717) is 12.8 Å². The summed E-state index contributed by atoms with van der Waals surface area (Å²) >= 11 is 0. The number of phosphoric ester groups is 1. The minimum atomic E-state index is -4.72. The lowest BCUT2D eigenvalue weighted by atomic mass is 10.0. The van der Waals surface area contributed by atoms with E-state index in [1.165, 1.54) is 173 Å². The van der Waals surface area contributed by atoms with E-state index < -0.39 is 51.1 Å². The first kappa shape index (κ1) is 63.0. The lowest BCUT2D eigenvalue weighted by molar-refractivity contribution is -0.161. The molecule has 0 bridgehead atoms. The zero-order chi connectivity index (χ0) is 47.7. The molecule has 0 saturated carbocycles. The van der Waals surface area contributed by atoms with Crippen molar-refractivity contribution >= 4 is 25.7 Å². The number of allylic oxidation sites excluding steroid dienone is 4. The Morgan fingerprint density at radius 1 is 0.477 bits per heavy atom. The maximum absolute atomic E-state index is 12.7. The Hall–Kier alpha value is -2.04. The van der Waals surface area contributed by atoms with Crippen LogP contribution >= 0.6 is 7.82 Å². The number of aliphatic carboxylic acids is 1. The summed E-state index contributed by atoms with van der Waals surface area (Å²) in [6.07, 6.45) is 53.8. The quantitative estimate of drug-likeness (QED) is 0.0229. The molecule has 11 nitrogen and oxygen atoms in total. The number of carbonyl (C=O) groups excluding carboxylic acids is 2. The van der Waals surface area contributed by atoms with Crippen LogP contribution in [0.2, 0.25) is 0 Å². The molecule has 1 unspecified atom stereocenters. The number of hydrogen-bond acceptors (Lipinski definition) is 9. The number of carbonyl (C=O) groups is 3. The van der Waals surface area contributed by atoms with E-state index in [1.54, 1.807) is 0 Å². The molecule has 0 aromatic carbocycles. The Morgan fingerprint density at radius 2 is 0.815 bits per heavy atom. The van der Waals surface area contributed by atoms with E-state index in [2.05, 4.69) is 38.2 Å². The smallest absolute Gasteiger partial charge is 0.472 e. The normalized spacial score (nSPS) is 13.7. The van der Waals surface area contributed by atoms with Crippen molar-refractivity contribution < 1.29 is 47.5 Å². The number of nitrogens with two attached hydrogens (primary N) is 1. The Kier molecular flexibility index (Phi) is 46.9. The second-order valence-corrected chi connectivity index (χ2v) is 19.8. The van der Waals surface area contributed by atoms with Gasteiger partial charge in [-0.15, -0.1) is 0 Å². The number of unbranched alkanes of at least 4 members (excludes halogenated alkanes) is 33. The largest absolute Gasteiger partial charge is 0.480 e. The molecule has 0 heterocycles. The third kappa shape index (κ3) is 48.2. The standard InChI is InChI=1S/C53H100NO10P/c1-3-5-7-9-11-13-15-17-19-21-23-24-25-27-28-30-32-34-36-38-40-42-44-51(55)61-46-49(47-62-65(59,60)63-48-50(54)53(57)58)64-52(56)45-43-41-39-37-35-33-31-29-26-22-20-18-16-14-12-10-8-6-4-2/h12,14,18,20,49-50H,3-11,13,15-17,19,21-48,54H2,1-2H3,(H,57,58)(H,59,60)/b14-12+,20-18+/t49-,50+/m1/s1. The van der Waals surface area contributed by atoms with Gasteiger partial charge in [0.05, 0.1) is 13.2 Å². The third-order valence-corrected chi connectivity index (χ3v) is 12.9. The van der Waals surface area contributed by atoms with Crippen LogP contribution in [0.15, 0.2) is 24.3 Å². The minimum Gasteiger partial charge on any atom is -0.480 e. The fourth-order valence-corrected chi connectivity index (χ4v) is 8.52. The molecule has 0 saturated heterocycles. The molecule has 0 aromatic heterocycles. The highest BCUT2D eigenvalue weighted by Crippen LogP contribution is 2.43. The highest BCUT2D eigenvalue weighted by molar-refractivity contribution is 7.47. The van der Waals surface area contributed by atoms with Crippen molar-refractivity contribution in [1.29, 1.82) is 0 Å². The molecule has 0 spiro atoms. The molecule has 0 aliphatic carbocycles. The van der Waals surface area contributed by atoms with Crippen molar-refractivity contribution in [2.24, 2.45) is 5.73 Å². The van der Waals surface area contributed by atoms with Crippen LogP contribution in [0.3, 0.4) is 0 Å². The van der Waals surface area contributed by atoms with Gasteiger partial charge < -0.3 is 25.2 Å². The molecule has 0 amide bonds. The van der Waals surface area contributed by atoms with Gasteiger partial charge in [0.15, 0.2) is 6.10 Å². The zero-order valence-electron chi connectivity index (χ0n) is 41.8. The average molecular weight is 942 g/mol. The molecular weight excluding hydrogens is 842 g/mol. The molecule has 4 N–H and O–H groups in total. The van der Waals surface area contributed by atoms with E-state index in [1.807, 2.05) is 0 Å². The maximum atomic E-state index is 12.7. The second-order valence-electron chi connectivity index (χ2n) is 18.4. The fraction of sp³-hybridized carbons (Fsp3) is 0.868. The molecule has 3 atom stereocenters. The van der Waals surface area contributed by atoms with Gasteiger partial charge in [0, 0.05) is 12.8 Å². The first-order chi connectivity index (χ1) is 31.6. The summed E-state index contributed by atoms with van der Waals surface area (Å²) in [6.45, 7) is 2.83. The van der Waals surface area contributed by atoms with Crippen LogP contribution in [0.1, 0.15) is 264 Å². The fourth-order valence-electron chi connectivity index (χ4n) is 7.75. The molecular formula is C53H100NO10P. The molecule has 0 radical (unpaired) electrons. The highest BCUT2D eigenvalue weighted by atomic mass is 31.2. The molecule has 0 fully saturated rings. The number of hydrogen-bond donors (Lipinski definition) is 3. The average Bonchev–Trinajstić information content (AvgIpc) is 3.28. The number of carboxylic acids is 1. The molecule has 65 heavy (non-hydrogen) atoms. The van der Waals surface area contributed by atoms with Gasteiger partial charge in [0.2, 0.25) is 0 Å². The monoisotopic (exact) mass is 942 g/mol. The van der Waals surface area contributed by atoms with Crippen LogP contribution in [0, 0.1) is 0 Å². The van der Waals surface area contributed by atoms with E-state index in [-0.39, 0.29) is 19.4 Å². The summed E-state index contributed by atoms with van der Waals surface area (Å²) in [4.78, 5) is 46.2. The van der Waals surface area contributed by atoms with Crippen molar-refractivity contribution in [3.05, 3.63) is 24.3 Å². The number of carboxylic acid groups (broad SMARTS) is 1. The highest BCUT2D eigenvalue weighted by Gasteiger charge is 2.28. The Balaban J connectivity index is 4.18. The van der Waals surface area contributed by atoms with E-state index in [0.717, 1.165) is 51.4 Å². The van der Waals surface area contributed by atoms with E-state index in [4.69, 9.17) is 29.4 Å². The molecule has 0 rings (SSSR count). The summed E-state index contributed by atoms with van der Waals surface area (Å²) in [5.74, 6) is -2.36. The summed E-state index contributed by atoms with van der Waals surface area (Å²) < 4.78 is 32.9. The molecule has 0 aromatic rings. The van der Waals surface area contributed by atoms with E-state index >= 15 is 0 Å². The van der Waals surface area contributed by atoms with Crippen LogP contribution in [-0.2, 0) is 37.5 Å². The van der Waals surface area contributed by atoms with E-state index in [9.17, 15) is 23.8 Å². The number of phosphoric acid groups is 1. The van der Waals surface area contributed by atoms with Crippen molar-refractivity contribution in [2.75, 3.05) is 19.8 Å². The summed E-state index contributed by atoms with van der Waals surface area (Å²) in [5, 5.41) is 8.93. The van der Waals surface area contributed by atoms with Crippen molar-refractivity contribution in [3.63, 3.8) is 0 Å². The van der Waals surface area contributed by atoms with Gasteiger partial charge >= 0.3 is 25.7 Å². The predicted molar refractivity (Wildman–Crippen MR) is 268 cm³/mol. The predicted octanol–water partition coefficient (Wildman–Crippen LogP) is 15.4. The van der Waals surface area contributed by atoms with Gasteiger partial charge in [0.25, 0.3) is 0 Å². The Bertz CT molecular complexity index is 1200. The van der Waals surface area contributed by atoms with Crippen molar-refractivity contribution in [3.8, 4) is 0 Å². The third-order valence-electron chi connectivity index (χ3n) is 12.0. The number of rotatable bonds is 51. The summed E-state index contributed by atoms with van der Waals surface area (Å²) in [7, 11) is -4.72. The first-order valence-electron chi connectivity index (χ1n) is 26.9. The van der Waals surface area contributed by atoms with Crippen LogP contribution in [0.25, 0.3) is 0 Å². The molecule has 0 aliphatic rings. The first-order valence-corrected chi connectivity index (χ1v) is 28.4. The number of ether oxygens (including phenoxy) is 2. The summed E-state index contributed by atoms with van der Waals surface area (Å²) in [5.41, 5.74) is 5.36. The van der Waals surface area contributed by atoms with Crippen LogP contribution in [-0.4, -0.2) is 59.9 Å². The van der Waals surface area contributed by atoms with Gasteiger partial charge in [0.1, 0.15) is 12.6 Å². The minimum absolute atomic E-state index is 0.160. The van der Waals surface area contributed by atoms with Crippen molar-refractivity contribution in [2.45, 2.75) is 276 Å².